The van der Waals surface area contributed by atoms with Crippen LogP contribution < -0.4 is 10.1 Å². The Kier molecular flexibility index (Phi) is 6.13. The summed E-state index contributed by atoms with van der Waals surface area (Å²) < 4.78 is 6.99. The van der Waals surface area contributed by atoms with Crippen LogP contribution in [-0.2, 0) is 4.79 Å². The zero-order chi connectivity index (χ0) is 18.5. The van der Waals surface area contributed by atoms with E-state index in [4.69, 9.17) is 4.74 Å². The lowest BCUT2D eigenvalue weighted by Gasteiger charge is -2.30. The summed E-state index contributed by atoms with van der Waals surface area (Å²) in [6, 6.07) is 7.79. The number of carbonyl (C=O) groups excluding carboxylic acids is 1. The van der Waals surface area contributed by atoms with E-state index < -0.39 is 0 Å². The quantitative estimate of drug-likeness (QED) is 0.782. The molecule has 0 spiro atoms. The highest BCUT2D eigenvalue weighted by molar-refractivity contribution is 8.00. The maximum absolute atomic E-state index is 12.6. The van der Waals surface area contributed by atoms with E-state index in [2.05, 4.69) is 27.8 Å². The Balaban J connectivity index is 1.69. The SMILES string of the molecule is COc1ccccc1-n1nnnc1SC(C)C(=O)NC1CCCCC1C. The molecule has 0 aliphatic heterocycles. The number of para-hydroxylation sites is 2. The Morgan fingerprint density at radius 2 is 2.12 bits per heavy atom. The van der Waals surface area contributed by atoms with Crippen LogP contribution in [-0.4, -0.2) is 44.5 Å². The second-order valence-corrected chi connectivity index (χ2v) is 7.99. The van der Waals surface area contributed by atoms with E-state index in [0.717, 1.165) is 12.1 Å². The van der Waals surface area contributed by atoms with Gasteiger partial charge in [0.1, 0.15) is 11.4 Å². The van der Waals surface area contributed by atoms with Gasteiger partial charge in [-0.3, -0.25) is 4.79 Å². The molecule has 3 rings (SSSR count). The Morgan fingerprint density at radius 1 is 1.35 bits per heavy atom. The fourth-order valence-corrected chi connectivity index (χ4v) is 4.06. The maximum atomic E-state index is 12.6. The number of ether oxygens (including phenoxy) is 1. The van der Waals surface area contributed by atoms with Gasteiger partial charge >= 0.3 is 0 Å². The van der Waals surface area contributed by atoms with Crippen molar-refractivity contribution in [3.8, 4) is 11.4 Å². The summed E-state index contributed by atoms with van der Waals surface area (Å²) in [7, 11) is 1.61. The number of carbonyl (C=O) groups is 1. The lowest BCUT2D eigenvalue weighted by Crippen LogP contribution is -2.44. The molecule has 7 nitrogen and oxygen atoms in total. The van der Waals surface area contributed by atoms with Crippen LogP contribution in [0.4, 0.5) is 0 Å². The average molecular weight is 375 g/mol. The molecular weight excluding hydrogens is 350 g/mol. The Morgan fingerprint density at radius 3 is 2.88 bits per heavy atom. The maximum Gasteiger partial charge on any atom is 0.233 e. The third kappa shape index (κ3) is 4.17. The number of benzene rings is 1. The molecule has 1 saturated carbocycles. The number of rotatable bonds is 6. The van der Waals surface area contributed by atoms with Gasteiger partial charge in [-0.05, 0) is 48.2 Å². The molecular formula is C18H25N5O2S. The van der Waals surface area contributed by atoms with Crippen molar-refractivity contribution < 1.29 is 9.53 Å². The third-order valence-corrected chi connectivity index (χ3v) is 5.88. The van der Waals surface area contributed by atoms with Crippen LogP contribution in [0.1, 0.15) is 39.5 Å². The molecule has 0 radical (unpaired) electrons. The zero-order valence-electron chi connectivity index (χ0n) is 15.4. The van der Waals surface area contributed by atoms with E-state index in [9.17, 15) is 4.79 Å². The van der Waals surface area contributed by atoms with Crippen molar-refractivity contribution >= 4 is 17.7 Å². The van der Waals surface area contributed by atoms with Crippen LogP contribution in [0.2, 0.25) is 0 Å². The molecule has 1 aromatic heterocycles. The molecule has 26 heavy (non-hydrogen) atoms. The molecule has 1 heterocycles. The first-order valence-electron chi connectivity index (χ1n) is 8.99. The topological polar surface area (TPSA) is 81.9 Å². The Labute approximate surface area is 157 Å². The van der Waals surface area contributed by atoms with Gasteiger partial charge in [-0.2, -0.15) is 4.68 Å². The van der Waals surface area contributed by atoms with Crippen molar-refractivity contribution in [2.24, 2.45) is 5.92 Å². The smallest absolute Gasteiger partial charge is 0.233 e. The van der Waals surface area contributed by atoms with E-state index in [0.29, 0.717) is 16.8 Å². The van der Waals surface area contributed by atoms with Crippen LogP contribution in [0, 0.1) is 5.92 Å². The van der Waals surface area contributed by atoms with Crippen LogP contribution >= 0.6 is 11.8 Å². The van der Waals surface area contributed by atoms with Gasteiger partial charge in [0.05, 0.1) is 12.4 Å². The van der Waals surface area contributed by atoms with Gasteiger partial charge in [-0.25, -0.2) is 0 Å². The van der Waals surface area contributed by atoms with E-state index in [1.165, 1.54) is 31.0 Å². The lowest BCUT2D eigenvalue weighted by molar-refractivity contribution is -0.121. The van der Waals surface area contributed by atoms with E-state index in [1.54, 1.807) is 11.8 Å². The van der Waals surface area contributed by atoms with Gasteiger partial charge in [0, 0.05) is 6.04 Å². The number of thioether (sulfide) groups is 1. The van der Waals surface area contributed by atoms with Crippen LogP contribution in [0.15, 0.2) is 29.4 Å². The lowest BCUT2D eigenvalue weighted by atomic mass is 9.86. The number of nitrogens with one attached hydrogen (secondary N) is 1. The summed E-state index contributed by atoms with van der Waals surface area (Å²) >= 11 is 1.35. The molecule has 3 unspecified atom stereocenters. The predicted octanol–water partition coefficient (Wildman–Crippen LogP) is 2.85. The first-order valence-corrected chi connectivity index (χ1v) is 9.87. The standard InChI is InChI=1S/C18H25N5O2S/c1-12-8-4-5-9-14(12)19-17(24)13(2)26-18-20-21-22-23(18)15-10-6-7-11-16(15)25-3/h6-7,10-14H,4-5,8-9H2,1-3H3,(H,19,24). The number of amides is 1. The normalized spacial score (nSPS) is 21.2. The summed E-state index contributed by atoms with van der Waals surface area (Å²) in [5.41, 5.74) is 0.746. The van der Waals surface area contributed by atoms with Crippen molar-refractivity contribution in [2.75, 3.05) is 7.11 Å². The average Bonchev–Trinajstić information content (AvgIpc) is 3.11. The first-order chi connectivity index (χ1) is 12.6. The molecule has 2 aromatic rings. The van der Waals surface area contributed by atoms with Crippen molar-refractivity contribution in [1.82, 2.24) is 25.5 Å². The van der Waals surface area contributed by atoms with Crippen LogP contribution in [0.5, 0.6) is 5.75 Å². The fourth-order valence-electron chi connectivity index (χ4n) is 3.25. The van der Waals surface area contributed by atoms with Crippen LogP contribution in [0.3, 0.4) is 0 Å². The van der Waals surface area contributed by atoms with Crippen molar-refractivity contribution in [3.63, 3.8) is 0 Å². The third-order valence-electron chi connectivity index (χ3n) is 4.84. The number of tetrazole rings is 1. The summed E-state index contributed by atoms with van der Waals surface area (Å²) in [6.07, 6.45) is 4.68. The summed E-state index contributed by atoms with van der Waals surface area (Å²) in [6.45, 7) is 4.10. The van der Waals surface area contributed by atoms with Gasteiger partial charge in [0.15, 0.2) is 0 Å². The number of hydrogen-bond acceptors (Lipinski definition) is 6. The molecule has 3 atom stereocenters. The van der Waals surface area contributed by atoms with Crippen molar-refractivity contribution in [2.45, 2.75) is 56.0 Å². The summed E-state index contributed by atoms with van der Waals surface area (Å²) in [5.74, 6) is 1.24. The largest absolute Gasteiger partial charge is 0.494 e. The van der Waals surface area contributed by atoms with Gasteiger partial charge < -0.3 is 10.1 Å². The molecule has 0 bridgehead atoms. The van der Waals surface area contributed by atoms with Crippen LogP contribution in [0.25, 0.3) is 5.69 Å². The highest BCUT2D eigenvalue weighted by Crippen LogP contribution is 2.28. The molecule has 1 amide bonds. The molecule has 1 aliphatic carbocycles. The molecule has 140 valence electrons. The molecule has 0 saturated heterocycles. The number of aromatic nitrogens is 4. The second-order valence-electron chi connectivity index (χ2n) is 6.68. The second kappa shape index (κ2) is 8.53. The van der Waals surface area contributed by atoms with E-state index >= 15 is 0 Å². The van der Waals surface area contributed by atoms with Gasteiger partial charge in [-0.15, -0.1) is 5.10 Å². The minimum absolute atomic E-state index is 0.0309. The van der Waals surface area contributed by atoms with Crippen molar-refractivity contribution in [3.05, 3.63) is 24.3 Å². The number of nitrogens with zero attached hydrogens (tertiary/aromatic N) is 4. The first kappa shape index (κ1) is 18.7. The highest BCUT2D eigenvalue weighted by atomic mass is 32.2. The Bertz CT molecular complexity index is 751. The van der Waals surface area contributed by atoms with Crippen molar-refractivity contribution in [1.29, 1.82) is 0 Å². The molecule has 1 aromatic carbocycles. The minimum atomic E-state index is -0.288. The minimum Gasteiger partial charge on any atom is -0.494 e. The molecule has 8 heteroatoms. The summed E-state index contributed by atoms with van der Waals surface area (Å²) in [5, 5.41) is 15.4. The van der Waals surface area contributed by atoms with Gasteiger partial charge in [0.25, 0.3) is 0 Å². The van der Waals surface area contributed by atoms with Gasteiger partial charge in [0.2, 0.25) is 11.1 Å². The predicted molar refractivity (Wildman–Crippen MR) is 101 cm³/mol. The number of methoxy groups -OCH3 is 1. The summed E-state index contributed by atoms with van der Waals surface area (Å²) in [4.78, 5) is 12.6. The van der Waals surface area contributed by atoms with E-state index in [1.807, 2.05) is 31.2 Å². The monoisotopic (exact) mass is 375 g/mol. The Hall–Kier alpha value is -2.09. The van der Waals surface area contributed by atoms with Gasteiger partial charge in [-0.1, -0.05) is 43.7 Å². The fraction of sp³-hybridized carbons (Fsp3) is 0.556. The highest BCUT2D eigenvalue weighted by Gasteiger charge is 2.26. The van der Waals surface area contributed by atoms with E-state index in [-0.39, 0.29) is 17.2 Å². The zero-order valence-corrected chi connectivity index (χ0v) is 16.2. The molecule has 1 aliphatic rings. The molecule has 1 fully saturated rings. The molecule has 1 N–H and O–H groups in total. The number of hydrogen-bond donors (Lipinski definition) is 1.